The molecular formula is C19H24N6O4S2. The summed E-state index contributed by atoms with van der Waals surface area (Å²) in [4.78, 5) is 42.1. The molecule has 0 saturated carbocycles. The van der Waals surface area contributed by atoms with Crippen molar-refractivity contribution in [2.45, 2.75) is 44.9 Å². The standard InChI is InChI=1S/C19H24N6O4S2/c1-3-5-9-24(14-15(20)25(8-4-2)18(28)21-16(14)27)13(26)11-31-19-23-22-17(29-19)12-7-6-10-30-12/h6-7,10H,3-5,8-9,11,20H2,1-2H3,(H,21,27,28). The highest BCUT2D eigenvalue weighted by atomic mass is 32.2. The molecule has 0 saturated heterocycles. The summed E-state index contributed by atoms with van der Waals surface area (Å²) in [5.41, 5.74) is 4.88. The molecule has 10 nitrogen and oxygen atoms in total. The van der Waals surface area contributed by atoms with E-state index < -0.39 is 11.2 Å². The van der Waals surface area contributed by atoms with Crippen LogP contribution in [0.4, 0.5) is 11.5 Å². The van der Waals surface area contributed by atoms with Crippen LogP contribution in [0.25, 0.3) is 10.8 Å². The fourth-order valence-corrected chi connectivity index (χ4v) is 4.21. The molecule has 3 rings (SSSR count). The van der Waals surface area contributed by atoms with Gasteiger partial charge in [0.05, 0.1) is 10.6 Å². The van der Waals surface area contributed by atoms with Crippen molar-refractivity contribution in [1.82, 2.24) is 19.7 Å². The Morgan fingerprint density at radius 1 is 1.32 bits per heavy atom. The number of thioether (sulfide) groups is 1. The maximum absolute atomic E-state index is 13.0. The summed E-state index contributed by atoms with van der Waals surface area (Å²) in [6.07, 6.45) is 2.14. The number of carbonyl (C=O) groups excluding carboxylic acids is 1. The summed E-state index contributed by atoms with van der Waals surface area (Å²) in [7, 11) is 0. The molecule has 166 valence electrons. The molecule has 0 bridgehead atoms. The molecule has 0 unspecified atom stereocenters. The number of nitrogens with zero attached hydrogens (tertiary/aromatic N) is 4. The number of carbonyl (C=O) groups is 1. The van der Waals surface area contributed by atoms with E-state index in [9.17, 15) is 14.4 Å². The van der Waals surface area contributed by atoms with E-state index in [1.54, 1.807) is 0 Å². The van der Waals surface area contributed by atoms with Gasteiger partial charge in [0.15, 0.2) is 5.69 Å². The number of hydrogen-bond donors (Lipinski definition) is 2. The molecule has 0 atom stereocenters. The summed E-state index contributed by atoms with van der Waals surface area (Å²) in [5, 5.41) is 10.1. The maximum atomic E-state index is 13.0. The number of unbranched alkanes of at least 4 members (excludes halogenated alkanes) is 1. The molecule has 3 N–H and O–H groups in total. The molecule has 0 aliphatic carbocycles. The van der Waals surface area contributed by atoms with Crippen molar-refractivity contribution in [2.24, 2.45) is 0 Å². The van der Waals surface area contributed by atoms with Gasteiger partial charge in [-0.1, -0.05) is 38.1 Å². The van der Waals surface area contributed by atoms with Gasteiger partial charge in [0.2, 0.25) is 5.91 Å². The van der Waals surface area contributed by atoms with Gasteiger partial charge in [-0.25, -0.2) is 4.79 Å². The molecule has 0 aromatic carbocycles. The van der Waals surface area contributed by atoms with Crippen molar-refractivity contribution in [1.29, 1.82) is 0 Å². The van der Waals surface area contributed by atoms with Crippen LogP contribution in [0.15, 0.2) is 36.7 Å². The minimum absolute atomic E-state index is 0.00287. The Kier molecular flexibility index (Phi) is 7.69. The Balaban J connectivity index is 1.82. The monoisotopic (exact) mass is 464 g/mol. The lowest BCUT2D eigenvalue weighted by molar-refractivity contribution is -0.116. The molecule has 3 aromatic rings. The van der Waals surface area contributed by atoms with Gasteiger partial charge in [0, 0.05) is 13.1 Å². The van der Waals surface area contributed by atoms with Gasteiger partial charge in [-0.3, -0.25) is 19.1 Å². The topological polar surface area (TPSA) is 140 Å². The summed E-state index contributed by atoms with van der Waals surface area (Å²) in [6.45, 7) is 4.51. The van der Waals surface area contributed by atoms with Crippen LogP contribution in [0, 0.1) is 0 Å². The summed E-state index contributed by atoms with van der Waals surface area (Å²) < 4.78 is 6.88. The van der Waals surface area contributed by atoms with Crippen molar-refractivity contribution >= 4 is 40.5 Å². The Morgan fingerprint density at radius 3 is 2.81 bits per heavy atom. The molecule has 31 heavy (non-hydrogen) atoms. The van der Waals surface area contributed by atoms with E-state index in [1.165, 1.54) is 20.8 Å². The lowest BCUT2D eigenvalue weighted by Crippen LogP contribution is -2.42. The van der Waals surface area contributed by atoms with E-state index in [1.807, 2.05) is 31.4 Å². The van der Waals surface area contributed by atoms with Gasteiger partial charge >= 0.3 is 5.69 Å². The summed E-state index contributed by atoms with van der Waals surface area (Å²) in [6, 6.07) is 3.75. The normalized spacial score (nSPS) is 11.0. The fraction of sp³-hybridized carbons (Fsp3) is 0.421. The maximum Gasteiger partial charge on any atom is 0.330 e. The average Bonchev–Trinajstić information content (AvgIpc) is 3.43. The van der Waals surface area contributed by atoms with Crippen LogP contribution >= 0.6 is 23.1 Å². The second kappa shape index (κ2) is 10.4. The molecule has 0 spiro atoms. The highest BCUT2D eigenvalue weighted by Gasteiger charge is 2.24. The van der Waals surface area contributed by atoms with Crippen LogP contribution in [-0.4, -0.2) is 38.0 Å². The number of aromatic amines is 1. The first kappa shape index (κ1) is 22.8. The van der Waals surface area contributed by atoms with Crippen molar-refractivity contribution in [3.63, 3.8) is 0 Å². The number of nitrogens with one attached hydrogen (secondary N) is 1. The van der Waals surface area contributed by atoms with Crippen molar-refractivity contribution < 1.29 is 9.21 Å². The number of thiophene rings is 1. The fourth-order valence-electron chi connectivity index (χ4n) is 2.93. The van der Waals surface area contributed by atoms with Gasteiger partial charge in [-0.2, -0.15) is 0 Å². The highest BCUT2D eigenvalue weighted by molar-refractivity contribution is 7.99. The van der Waals surface area contributed by atoms with Crippen LogP contribution in [-0.2, 0) is 11.3 Å². The Bertz CT molecular complexity index is 1140. The second-order valence-electron chi connectivity index (χ2n) is 6.68. The summed E-state index contributed by atoms with van der Waals surface area (Å²) >= 11 is 2.56. The van der Waals surface area contributed by atoms with E-state index in [4.69, 9.17) is 10.2 Å². The van der Waals surface area contributed by atoms with E-state index in [2.05, 4.69) is 15.2 Å². The lowest BCUT2D eigenvalue weighted by Gasteiger charge is -2.24. The van der Waals surface area contributed by atoms with Gasteiger partial charge in [-0.15, -0.1) is 21.5 Å². The zero-order chi connectivity index (χ0) is 22.4. The number of nitrogen functional groups attached to an aromatic ring is 1. The number of amides is 1. The smallest absolute Gasteiger partial charge is 0.330 e. The number of hydrogen-bond acceptors (Lipinski definition) is 9. The number of rotatable bonds is 10. The van der Waals surface area contributed by atoms with E-state index in [0.717, 1.165) is 23.1 Å². The minimum Gasteiger partial charge on any atom is -0.410 e. The lowest BCUT2D eigenvalue weighted by atomic mass is 10.2. The Hall–Kier alpha value is -2.86. The van der Waals surface area contributed by atoms with Gasteiger partial charge < -0.3 is 15.1 Å². The SMILES string of the molecule is CCCCN(C(=O)CSc1nnc(-c2cccs2)o1)c1c(N)n(CCC)c(=O)[nH]c1=O. The van der Waals surface area contributed by atoms with Gasteiger partial charge in [0.1, 0.15) is 5.82 Å². The van der Waals surface area contributed by atoms with Crippen LogP contribution in [0.3, 0.4) is 0 Å². The van der Waals surface area contributed by atoms with Crippen LogP contribution in [0.2, 0.25) is 0 Å². The van der Waals surface area contributed by atoms with E-state index >= 15 is 0 Å². The van der Waals surface area contributed by atoms with E-state index in [-0.39, 0.29) is 28.4 Å². The molecule has 0 radical (unpaired) electrons. The van der Waals surface area contributed by atoms with Crippen molar-refractivity contribution in [2.75, 3.05) is 22.9 Å². The van der Waals surface area contributed by atoms with Crippen LogP contribution in [0.1, 0.15) is 33.1 Å². The third kappa shape index (κ3) is 5.25. The number of H-pyrrole nitrogens is 1. The summed E-state index contributed by atoms with van der Waals surface area (Å²) in [5.74, 6) is 0.0119. The third-order valence-electron chi connectivity index (χ3n) is 4.43. The molecule has 3 aromatic heterocycles. The number of nitrogens with two attached hydrogens (primary N) is 1. The van der Waals surface area contributed by atoms with Crippen molar-refractivity contribution in [3.05, 3.63) is 38.4 Å². The first-order valence-electron chi connectivity index (χ1n) is 9.89. The average molecular weight is 465 g/mol. The molecule has 0 aliphatic rings. The third-order valence-corrected chi connectivity index (χ3v) is 6.09. The number of aromatic nitrogens is 4. The van der Waals surface area contributed by atoms with Crippen molar-refractivity contribution in [3.8, 4) is 10.8 Å². The van der Waals surface area contributed by atoms with Gasteiger partial charge in [-0.05, 0) is 24.3 Å². The first-order chi connectivity index (χ1) is 15.0. The minimum atomic E-state index is -0.679. The molecule has 0 fully saturated rings. The van der Waals surface area contributed by atoms with Crippen LogP contribution < -0.4 is 21.9 Å². The zero-order valence-corrected chi connectivity index (χ0v) is 18.9. The molecule has 3 heterocycles. The Morgan fingerprint density at radius 2 is 2.13 bits per heavy atom. The van der Waals surface area contributed by atoms with E-state index in [0.29, 0.717) is 31.8 Å². The predicted octanol–water partition coefficient (Wildman–Crippen LogP) is 2.57. The number of anilines is 2. The molecule has 1 amide bonds. The molecule has 0 aliphatic heterocycles. The predicted molar refractivity (Wildman–Crippen MR) is 122 cm³/mol. The molecular weight excluding hydrogens is 440 g/mol. The Labute approximate surface area is 186 Å². The second-order valence-corrected chi connectivity index (χ2v) is 8.56. The van der Waals surface area contributed by atoms with Crippen LogP contribution in [0.5, 0.6) is 0 Å². The molecule has 12 heteroatoms. The first-order valence-corrected chi connectivity index (χ1v) is 11.8. The highest BCUT2D eigenvalue weighted by Crippen LogP contribution is 2.27. The zero-order valence-electron chi connectivity index (χ0n) is 17.3. The van der Waals surface area contributed by atoms with Gasteiger partial charge in [0.25, 0.3) is 16.7 Å². The quantitative estimate of drug-likeness (QED) is 0.436. The largest absolute Gasteiger partial charge is 0.410 e.